The fourth-order valence-corrected chi connectivity index (χ4v) is 5.28. The number of carbonyl (C=O) groups is 1. The van der Waals surface area contributed by atoms with E-state index in [0.29, 0.717) is 18.7 Å². The van der Waals surface area contributed by atoms with Gasteiger partial charge in [-0.1, -0.05) is 19.8 Å². The van der Waals surface area contributed by atoms with Crippen LogP contribution < -0.4 is 0 Å². The van der Waals surface area contributed by atoms with Crippen molar-refractivity contribution in [3.63, 3.8) is 0 Å². The minimum atomic E-state index is -3.44. The highest BCUT2D eigenvalue weighted by Crippen LogP contribution is 2.21. The molecule has 27 heavy (non-hydrogen) atoms. The number of benzene rings is 1. The van der Waals surface area contributed by atoms with E-state index in [1.807, 2.05) is 4.90 Å². The summed E-state index contributed by atoms with van der Waals surface area (Å²) in [4.78, 5) is 17.3. The van der Waals surface area contributed by atoms with Crippen LogP contribution in [-0.2, 0) is 10.0 Å². The number of carbonyl (C=O) groups excluding carboxylic acids is 1. The van der Waals surface area contributed by atoms with Crippen LogP contribution in [0.1, 0.15) is 49.4 Å². The third-order valence-corrected chi connectivity index (χ3v) is 7.45. The van der Waals surface area contributed by atoms with Gasteiger partial charge in [0.1, 0.15) is 0 Å². The van der Waals surface area contributed by atoms with Crippen LogP contribution in [0.3, 0.4) is 0 Å². The van der Waals surface area contributed by atoms with Gasteiger partial charge in [-0.05, 0) is 50.1 Å². The smallest absolute Gasteiger partial charge is 0.253 e. The molecule has 3 rings (SSSR count). The monoisotopic (exact) mass is 393 g/mol. The van der Waals surface area contributed by atoms with E-state index in [4.69, 9.17) is 0 Å². The summed E-state index contributed by atoms with van der Waals surface area (Å²) >= 11 is 0. The number of nitrogens with zero attached hydrogens (tertiary/aromatic N) is 3. The van der Waals surface area contributed by atoms with Crippen molar-refractivity contribution in [2.75, 3.05) is 45.8 Å². The summed E-state index contributed by atoms with van der Waals surface area (Å²) < 4.78 is 27.0. The minimum Gasteiger partial charge on any atom is -0.336 e. The van der Waals surface area contributed by atoms with E-state index < -0.39 is 10.0 Å². The topological polar surface area (TPSA) is 60.9 Å². The van der Waals surface area contributed by atoms with Crippen LogP contribution in [0.15, 0.2) is 29.2 Å². The molecule has 2 heterocycles. The van der Waals surface area contributed by atoms with E-state index >= 15 is 0 Å². The molecule has 7 heteroatoms. The Kier molecular flexibility index (Phi) is 6.89. The van der Waals surface area contributed by atoms with E-state index in [9.17, 15) is 13.2 Å². The number of unbranched alkanes of at least 4 members (excludes halogenated alkanes) is 1. The number of rotatable bonds is 6. The van der Waals surface area contributed by atoms with Gasteiger partial charge in [-0.25, -0.2) is 8.42 Å². The first kappa shape index (κ1) is 20.3. The highest BCUT2D eigenvalue weighted by atomic mass is 32.2. The van der Waals surface area contributed by atoms with Crippen LogP contribution in [0, 0.1) is 0 Å². The number of hydrogen-bond donors (Lipinski definition) is 0. The van der Waals surface area contributed by atoms with Gasteiger partial charge in [-0.15, -0.1) is 0 Å². The zero-order valence-corrected chi connectivity index (χ0v) is 17.1. The van der Waals surface area contributed by atoms with Gasteiger partial charge in [-0.2, -0.15) is 4.31 Å². The zero-order valence-electron chi connectivity index (χ0n) is 16.3. The Labute approximate surface area is 163 Å². The van der Waals surface area contributed by atoms with Gasteiger partial charge in [0, 0.05) is 44.8 Å². The van der Waals surface area contributed by atoms with Gasteiger partial charge in [0.2, 0.25) is 10.0 Å². The van der Waals surface area contributed by atoms with Crippen LogP contribution in [0.4, 0.5) is 0 Å². The normalized spacial score (nSPS) is 20.0. The quantitative estimate of drug-likeness (QED) is 0.745. The van der Waals surface area contributed by atoms with Gasteiger partial charge in [0.05, 0.1) is 4.90 Å². The van der Waals surface area contributed by atoms with E-state index in [2.05, 4.69) is 11.8 Å². The number of amides is 1. The summed E-state index contributed by atoms with van der Waals surface area (Å²) in [5.41, 5.74) is 0.564. The standard InChI is InChI=1S/C20H31N3O3S/c1-2-3-11-21-14-16-22(17-15-21)20(24)18-7-9-19(10-8-18)27(25,26)23-12-5-4-6-13-23/h7-10H,2-6,11-17H2,1H3. The van der Waals surface area contributed by atoms with E-state index in [1.165, 1.54) is 12.8 Å². The Balaban J connectivity index is 1.61. The van der Waals surface area contributed by atoms with Crippen molar-refractivity contribution in [2.24, 2.45) is 0 Å². The van der Waals surface area contributed by atoms with Gasteiger partial charge in [0.25, 0.3) is 5.91 Å². The highest BCUT2D eigenvalue weighted by molar-refractivity contribution is 7.89. The van der Waals surface area contributed by atoms with E-state index in [0.717, 1.165) is 52.0 Å². The molecule has 0 N–H and O–H groups in total. The third-order valence-electron chi connectivity index (χ3n) is 5.54. The van der Waals surface area contributed by atoms with Crippen molar-refractivity contribution in [3.05, 3.63) is 29.8 Å². The first-order valence-corrected chi connectivity index (χ1v) is 11.6. The first-order chi connectivity index (χ1) is 13.0. The maximum atomic E-state index is 12.7. The van der Waals surface area contributed by atoms with Crippen molar-refractivity contribution >= 4 is 15.9 Å². The molecule has 2 fully saturated rings. The van der Waals surface area contributed by atoms with Crippen molar-refractivity contribution in [2.45, 2.75) is 43.9 Å². The molecule has 0 aromatic heterocycles. The molecule has 150 valence electrons. The zero-order chi connectivity index (χ0) is 19.3. The Morgan fingerprint density at radius 2 is 1.56 bits per heavy atom. The van der Waals surface area contributed by atoms with Crippen molar-refractivity contribution in [1.29, 1.82) is 0 Å². The third kappa shape index (κ3) is 4.89. The lowest BCUT2D eigenvalue weighted by Crippen LogP contribution is -2.48. The average Bonchev–Trinajstić information content (AvgIpc) is 2.73. The average molecular weight is 394 g/mol. The molecule has 0 radical (unpaired) electrons. The summed E-state index contributed by atoms with van der Waals surface area (Å²) in [6.45, 7) is 7.75. The molecule has 2 saturated heterocycles. The van der Waals surface area contributed by atoms with Gasteiger partial charge in [-0.3, -0.25) is 9.69 Å². The summed E-state index contributed by atoms with van der Waals surface area (Å²) in [7, 11) is -3.44. The number of hydrogen-bond acceptors (Lipinski definition) is 4. The molecule has 0 atom stereocenters. The molecule has 2 aliphatic heterocycles. The van der Waals surface area contributed by atoms with Crippen LogP contribution in [0.5, 0.6) is 0 Å². The molecule has 0 aliphatic carbocycles. The molecule has 1 aromatic rings. The van der Waals surface area contributed by atoms with Crippen molar-refractivity contribution in [3.8, 4) is 0 Å². The maximum Gasteiger partial charge on any atom is 0.253 e. The lowest BCUT2D eigenvalue weighted by molar-refractivity contribution is 0.0635. The number of piperidine rings is 1. The summed E-state index contributed by atoms with van der Waals surface area (Å²) in [6.07, 6.45) is 5.30. The van der Waals surface area contributed by atoms with Crippen LogP contribution >= 0.6 is 0 Å². The molecular formula is C20H31N3O3S. The Morgan fingerprint density at radius 3 is 2.15 bits per heavy atom. The molecule has 0 spiro atoms. The Bertz CT molecular complexity index is 719. The second kappa shape index (κ2) is 9.17. The molecule has 1 amide bonds. The van der Waals surface area contributed by atoms with Crippen molar-refractivity contribution in [1.82, 2.24) is 14.1 Å². The highest BCUT2D eigenvalue weighted by Gasteiger charge is 2.27. The lowest BCUT2D eigenvalue weighted by Gasteiger charge is -2.34. The van der Waals surface area contributed by atoms with Gasteiger partial charge < -0.3 is 4.90 Å². The minimum absolute atomic E-state index is 0.00735. The van der Waals surface area contributed by atoms with E-state index in [1.54, 1.807) is 28.6 Å². The molecule has 6 nitrogen and oxygen atoms in total. The number of sulfonamides is 1. The fourth-order valence-electron chi connectivity index (χ4n) is 3.76. The summed E-state index contributed by atoms with van der Waals surface area (Å²) in [5, 5.41) is 0. The predicted octanol–water partition coefficient (Wildman–Crippen LogP) is 2.42. The fraction of sp³-hybridized carbons (Fsp3) is 0.650. The second-order valence-corrected chi connectivity index (χ2v) is 9.41. The molecule has 2 aliphatic rings. The first-order valence-electron chi connectivity index (χ1n) is 10.1. The largest absolute Gasteiger partial charge is 0.336 e. The summed E-state index contributed by atoms with van der Waals surface area (Å²) in [5.74, 6) is -0.00735. The second-order valence-electron chi connectivity index (χ2n) is 7.48. The molecular weight excluding hydrogens is 362 g/mol. The predicted molar refractivity (Wildman–Crippen MR) is 106 cm³/mol. The lowest BCUT2D eigenvalue weighted by atomic mass is 10.2. The molecule has 0 saturated carbocycles. The Morgan fingerprint density at radius 1 is 0.926 bits per heavy atom. The van der Waals surface area contributed by atoms with Crippen LogP contribution in [-0.4, -0.2) is 74.2 Å². The van der Waals surface area contributed by atoms with E-state index in [-0.39, 0.29) is 10.8 Å². The van der Waals surface area contributed by atoms with Gasteiger partial charge >= 0.3 is 0 Å². The maximum absolute atomic E-state index is 12.7. The van der Waals surface area contributed by atoms with Crippen LogP contribution in [0.2, 0.25) is 0 Å². The molecule has 0 bridgehead atoms. The van der Waals surface area contributed by atoms with Crippen molar-refractivity contribution < 1.29 is 13.2 Å². The van der Waals surface area contributed by atoms with Gasteiger partial charge in [0.15, 0.2) is 0 Å². The van der Waals surface area contributed by atoms with Crippen LogP contribution in [0.25, 0.3) is 0 Å². The Hall–Kier alpha value is -1.44. The summed E-state index contributed by atoms with van der Waals surface area (Å²) in [6, 6.07) is 6.47. The SMILES string of the molecule is CCCCN1CCN(C(=O)c2ccc(S(=O)(=O)N3CCCCC3)cc2)CC1. The molecule has 1 aromatic carbocycles. The number of piperazine rings is 1. The molecule has 0 unspecified atom stereocenters.